The lowest BCUT2D eigenvalue weighted by molar-refractivity contribution is -0.385. The number of benzene rings is 2. The minimum atomic E-state index is -0.493. The number of nitrogens with zero attached hydrogens (tertiary/aromatic N) is 2. The maximum atomic E-state index is 13.4. The van der Waals surface area contributed by atoms with E-state index in [1.807, 2.05) is 17.5 Å². The Morgan fingerprint density at radius 3 is 2.12 bits per heavy atom. The Morgan fingerprint density at radius 1 is 0.939 bits per heavy atom. The third-order valence-corrected chi connectivity index (χ3v) is 6.57. The average Bonchev–Trinajstić information content (AvgIpc) is 3.35. The number of amides is 1. The molecule has 0 spiro atoms. The van der Waals surface area contributed by atoms with Crippen LogP contribution in [-0.4, -0.2) is 39.3 Å². The molecule has 2 aromatic carbocycles. The molecule has 0 N–H and O–H groups in total. The second-order valence-corrected chi connectivity index (χ2v) is 8.20. The van der Waals surface area contributed by atoms with Gasteiger partial charge in [0.25, 0.3) is 0 Å². The number of anilines is 1. The van der Waals surface area contributed by atoms with Gasteiger partial charge in [0.05, 0.1) is 51.0 Å². The molecule has 1 unspecified atom stereocenters. The highest BCUT2D eigenvalue weighted by Gasteiger charge is 2.51. The lowest BCUT2D eigenvalue weighted by Crippen LogP contribution is -2.53. The van der Waals surface area contributed by atoms with Gasteiger partial charge in [0.1, 0.15) is 0 Å². The van der Waals surface area contributed by atoms with Gasteiger partial charge in [-0.15, -0.1) is 11.3 Å². The Hall–Kier alpha value is -3.79. The van der Waals surface area contributed by atoms with Crippen LogP contribution in [0.25, 0.3) is 0 Å². The highest BCUT2D eigenvalue weighted by atomic mass is 32.1. The second kappa shape index (κ2) is 8.99. The summed E-state index contributed by atoms with van der Waals surface area (Å²) >= 11 is 1.47. The van der Waals surface area contributed by atoms with Crippen LogP contribution in [0.4, 0.5) is 11.4 Å². The predicted octanol–water partition coefficient (Wildman–Crippen LogP) is 4.56. The monoisotopic (exact) mass is 470 g/mol. The zero-order valence-corrected chi connectivity index (χ0v) is 19.3. The van der Waals surface area contributed by atoms with E-state index >= 15 is 0 Å². The van der Waals surface area contributed by atoms with Crippen molar-refractivity contribution in [1.29, 1.82) is 0 Å². The summed E-state index contributed by atoms with van der Waals surface area (Å²) in [4.78, 5) is 27.0. The summed E-state index contributed by atoms with van der Waals surface area (Å²) in [6.07, 6.45) is 0. The molecule has 0 aliphatic carbocycles. The molecule has 9 nitrogen and oxygen atoms in total. The molecule has 1 aliphatic heterocycles. The third kappa shape index (κ3) is 3.72. The average molecular weight is 471 g/mol. The van der Waals surface area contributed by atoms with E-state index in [1.54, 1.807) is 29.2 Å². The van der Waals surface area contributed by atoms with Crippen molar-refractivity contribution in [3.63, 3.8) is 0 Å². The van der Waals surface area contributed by atoms with E-state index in [4.69, 9.17) is 18.9 Å². The molecule has 1 amide bonds. The topological polar surface area (TPSA) is 100 Å². The lowest BCUT2D eigenvalue weighted by atomic mass is 9.80. The fourth-order valence-corrected chi connectivity index (χ4v) is 4.95. The molecule has 1 fully saturated rings. The number of hydrogen-bond acceptors (Lipinski definition) is 8. The van der Waals surface area contributed by atoms with Crippen molar-refractivity contribution < 1.29 is 28.7 Å². The number of rotatable bonds is 8. The zero-order chi connectivity index (χ0) is 23.7. The largest absolute Gasteiger partial charge is 0.493 e. The number of methoxy groups -OCH3 is 4. The van der Waals surface area contributed by atoms with Gasteiger partial charge in [0, 0.05) is 23.1 Å². The summed E-state index contributed by atoms with van der Waals surface area (Å²) in [6, 6.07) is 11.4. The number of carbonyl (C=O) groups excluding carboxylic acids is 1. The van der Waals surface area contributed by atoms with Gasteiger partial charge in [-0.2, -0.15) is 0 Å². The van der Waals surface area contributed by atoms with E-state index in [0.29, 0.717) is 28.5 Å². The maximum Gasteiger partial charge on any atom is 0.311 e. The molecule has 1 aliphatic rings. The van der Waals surface area contributed by atoms with Crippen LogP contribution in [0.5, 0.6) is 23.0 Å². The number of carbonyl (C=O) groups is 1. The molecule has 0 radical (unpaired) electrons. The van der Waals surface area contributed by atoms with Gasteiger partial charge >= 0.3 is 5.69 Å². The van der Waals surface area contributed by atoms with Crippen LogP contribution in [0.1, 0.15) is 22.4 Å². The maximum absolute atomic E-state index is 13.4. The SMILES string of the molecule is COc1ccc([C@@H]2C(c3cccs3)C(=O)N2c2cc(OC)c(OC)c(OC)c2)cc1[N+](=O)[O-]. The molecule has 2 heterocycles. The smallest absolute Gasteiger partial charge is 0.311 e. The van der Waals surface area contributed by atoms with E-state index in [-0.39, 0.29) is 17.3 Å². The molecule has 1 saturated heterocycles. The van der Waals surface area contributed by atoms with Crippen molar-refractivity contribution in [2.75, 3.05) is 33.3 Å². The normalized spacial score (nSPS) is 17.3. The quantitative estimate of drug-likeness (QED) is 0.270. The van der Waals surface area contributed by atoms with Crippen LogP contribution in [-0.2, 0) is 4.79 Å². The second-order valence-electron chi connectivity index (χ2n) is 7.22. The van der Waals surface area contributed by atoms with Crippen molar-refractivity contribution >= 4 is 28.6 Å². The van der Waals surface area contributed by atoms with Gasteiger partial charge in [-0.25, -0.2) is 0 Å². The van der Waals surface area contributed by atoms with Gasteiger partial charge in [0.2, 0.25) is 11.7 Å². The fourth-order valence-electron chi connectivity index (χ4n) is 4.10. The Morgan fingerprint density at radius 2 is 1.61 bits per heavy atom. The number of nitro groups is 1. The van der Waals surface area contributed by atoms with E-state index in [9.17, 15) is 14.9 Å². The molecule has 10 heteroatoms. The molecule has 4 rings (SSSR count). The van der Waals surface area contributed by atoms with Gasteiger partial charge in [-0.1, -0.05) is 12.1 Å². The molecule has 3 aromatic rings. The van der Waals surface area contributed by atoms with Crippen molar-refractivity contribution in [3.8, 4) is 23.0 Å². The Labute approximate surface area is 194 Å². The first-order chi connectivity index (χ1) is 15.9. The van der Waals surface area contributed by atoms with E-state index < -0.39 is 16.9 Å². The standard InChI is InChI=1S/C23H22N2O7S/c1-29-16-8-7-13(10-15(16)25(27)28)21-20(19-6-5-9-33-19)23(26)24(21)14-11-17(30-2)22(32-4)18(12-14)31-3/h5-12,20-21H,1-4H3/t20?,21-/m1/s1. The fraction of sp³-hybridized carbons (Fsp3) is 0.261. The molecular formula is C23H22N2O7S. The molecular weight excluding hydrogens is 448 g/mol. The number of hydrogen-bond donors (Lipinski definition) is 0. The van der Waals surface area contributed by atoms with Crippen molar-refractivity contribution in [3.05, 3.63) is 68.4 Å². The molecule has 0 saturated carbocycles. The Bertz CT molecular complexity index is 1170. The van der Waals surface area contributed by atoms with Crippen LogP contribution in [0.15, 0.2) is 47.8 Å². The summed E-state index contributed by atoms with van der Waals surface area (Å²) in [5.41, 5.74) is 0.990. The first-order valence-electron chi connectivity index (χ1n) is 9.94. The van der Waals surface area contributed by atoms with Gasteiger partial charge < -0.3 is 23.8 Å². The molecule has 2 atom stereocenters. The Balaban J connectivity index is 1.86. The first kappa shape index (κ1) is 22.4. The van der Waals surface area contributed by atoms with Crippen molar-refractivity contribution in [2.24, 2.45) is 0 Å². The summed E-state index contributed by atoms with van der Waals surface area (Å²) in [7, 11) is 5.88. The highest BCUT2D eigenvalue weighted by Crippen LogP contribution is 2.53. The van der Waals surface area contributed by atoms with Gasteiger partial charge in [0.15, 0.2) is 17.2 Å². The molecule has 1 aromatic heterocycles. The van der Waals surface area contributed by atoms with Crippen molar-refractivity contribution in [1.82, 2.24) is 0 Å². The first-order valence-corrected chi connectivity index (χ1v) is 10.8. The Kier molecular flexibility index (Phi) is 6.10. The summed E-state index contributed by atoms with van der Waals surface area (Å²) in [5, 5.41) is 13.5. The van der Waals surface area contributed by atoms with E-state index in [1.165, 1.54) is 45.8 Å². The van der Waals surface area contributed by atoms with Crippen LogP contribution >= 0.6 is 11.3 Å². The zero-order valence-electron chi connectivity index (χ0n) is 18.4. The molecule has 33 heavy (non-hydrogen) atoms. The summed E-state index contributed by atoms with van der Waals surface area (Å²) < 4.78 is 21.4. The number of β-lactam (4-membered cyclic amide) rings is 1. The van der Waals surface area contributed by atoms with E-state index in [0.717, 1.165) is 4.88 Å². The minimum absolute atomic E-state index is 0.129. The summed E-state index contributed by atoms with van der Waals surface area (Å²) in [6.45, 7) is 0. The van der Waals surface area contributed by atoms with Crippen molar-refractivity contribution in [2.45, 2.75) is 12.0 Å². The number of ether oxygens (including phenoxy) is 4. The summed E-state index contributed by atoms with van der Waals surface area (Å²) in [5.74, 6) is 0.759. The lowest BCUT2D eigenvalue weighted by Gasteiger charge is -2.47. The number of nitro benzene ring substituents is 1. The molecule has 172 valence electrons. The van der Waals surface area contributed by atoms with Crippen LogP contribution in [0, 0.1) is 10.1 Å². The van der Waals surface area contributed by atoms with Gasteiger partial charge in [-0.3, -0.25) is 14.9 Å². The van der Waals surface area contributed by atoms with Crippen LogP contribution < -0.4 is 23.8 Å². The predicted molar refractivity (Wildman–Crippen MR) is 123 cm³/mol. The number of thiophene rings is 1. The minimum Gasteiger partial charge on any atom is -0.493 e. The molecule has 0 bridgehead atoms. The third-order valence-electron chi connectivity index (χ3n) is 5.62. The van der Waals surface area contributed by atoms with E-state index in [2.05, 4.69) is 0 Å². The van der Waals surface area contributed by atoms with Crippen LogP contribution in [0.3, 0.4) is 0 Å². The van der Waals surface area contributed by atoms with Crippen LogP contribution in [0.2, 0.25) is 0 Å². The highest BCUT2D eigenvalue weighted by molar-refractivity contribution is 7.10. The van der Waals surface area contributed by atoms with Gasteiger partial charge in [-0.05, 0) is 23.1 Å².